The molecule has 0 aliphatic rings. The molecule has 1 atom stereocenters. The molecule has 11 heavy (non-hydrogen) atoms. The van der Waals surface area contributed by atoms with E-state index >= 15 is 0 Å². The number of benzene rings is 1. The van der Waals surface area contributed by atoms with E-state index in [2.05, 4.69) is 0 Å². The summed E-state index contributed by atoms with van der Waals surface area (Å²) in [4.78, 5) is 0. The highest BCUT2D eigenvalue weighted by molar-refractivity contribution is 7.85. The second-order valence-corrected chi connectivity index (χ2v) is 3.33. The van der Waals surface area contributed by atoms with Crippen LogP contribution in [0.25, 0.3) is 0 Å². The fraction of sp³-hybridized carbons (Fsp3) is 0.143. The summed E-state index contributed by atoms with van der Waals surface area (Å²) in [5, 5.41) is 0. The lowest BCUT2D eigenvalue weighted by molar-refractivity contribution is 0.684. The lowest BCUT2D eigenvalue weighted by Gasteiger charge is -2.13. The predicted molar refractivity (Wildman–Crippen MR) is 47.2 cm³/mol. The Hall–Kier alpha value is -0.870. The Labute approximate surface area is 68.4 Å². The molecule has 0 saturated heterocycles. The van der Waals surface area contributed by atoms with E-state index in [1.54, 1.807) is 12.1 Å². The van der Waals surface area contributed by atoms with Gasteiger partial charge in [-0.05, 0) is 12.1 Å². The Bertz CT molecular complexity index is 250. The van der Waals surface area contributed by atoms with Gasteiger partial charge in [0.15, 0.2) is 0 Å². The maximum atomic E-state index is 10.9. The number of anilines is 1. The summed E-state index contributed by atoms with van der Waals surface area (Å²) >= 11 is 0. The van der Waals surface area contributed by atoms with E-state index in [0.29, 0.717) is 0 Å². The van der Waals surface area contributed by atoms with Crippen LogP contribution in [0.4, 0.5) is 5.69 Å². The minimum Gasteiger partial charge on any atom is -0.236 e. The Morgan fingerprint density at radius 1 is 1.36 bits per heavy atom. The van der Waals surface area contributed by atoms with Gasteiger partial charge >= 0.3 is 0 Å². The monoisotopic (exact) mass is 170 g/mol. The normalized spacial score (nSPS) is 12.5. The third-order valence-corrected chi connectivity index (χ3v) is 2.05. The van der Waals surface area contributed by atoms with Gasteiger partial charge in [-0.1, -0.05) is 18.2 Å². The van der Waals surface area contributed by atoms with E-state index in [-0.39, 0.29) is 0 Å². The van der Waals surface area contributed by atoms with Crippen LogP contribution in [0.15, 0.2) is 30.3 Å². The molecule has 1 aromatic carbocycles. The first-order valence-corrected chi connectivity index (χ1v) is 4.66. The van der Waals surface area contributed by atoms with E-state index in [9.17, 15) is 4.21 Å². The van der Waals surface area contributed by atoms with Crippen molar-refractivity contribution in [2.45, 2.75) is 0 Å². The summed E-state index contributed by atoms with van der Waals surface area (Å²) in [5.74, 6) is 5.47. The molecule has 4 heteroatoms. The summed E-state index contributed by atoms with van der Waals surface area (Å²) in [6, 6.07) is 9.20. The van der Waals surface area contributed by atoms with Gasteiger partial charge in [0.25, 0.3) is 0 Å². The van der Waals surface area contributed by atoms with Crippen molar-refractivity contribution in [1.29, 1.82) is 0 Å². The molecule has 0 aliphatic heterocycles. The van der Waals surface area contributed by atoms with Crippen LogP contribution in [0.5, 0.6) is 0 Å². The van der Waals surface area contributed by atoms with Crippen LogP contribution in [-0.2, 0) is 11.0 Å². The Morgan fingerprint density at radius 2 is 1.91 bits per heavy atom. The lowest BCUT2D eigenvalue weighted by atomic mass is 10.3. The van der Waals surface area contributed by atoms with E-state index in [4.69, 9.17) is 5.84 Å². The van der Waals surface area contributed by atoms with Crippen LogP contribution in [-0.4, -0.2) is 10.5 Å². The summed E-state index contributed by atoms with van der Waals surface area (Å²) < 4.78 is 12.1. The first-order chi connectivity index (χ1) is 5.22. The smallest absolute Gasteiger partial charge is 0.131 e. The van der Waals surface area contributed by atoms with Crippen molar-refractivity contribution in [1.82, 2.24) is 0 Å². The van der Waals surface area contributed by atoms with Crippen molar-refractivity contribution in [2.75, 3.05) is 10.7 Å². The number of nitrogens with two attached hydrogens (primary N) is 1. The second kappa shape index (κ2) is 3.50. The number of hydrogen-bond donors (Lipinski definition) is 1. The van der Waals surface area contributed by atoms with Gasteiger partial charge < -0.3 is 0 Å². The van der Waals surface area contributed by atoms with Crippen molar-refractivity contribution in [2.24, 2.45) is 5.84 Å². The summed E-state index contributed by atoms with van der Waals surface area (Å²) in [7, 11) is -1.15. The van der Waals surface area contributed by atoms with Crippen molar-refractivity contribution >= 4 is 16.7 Å². The Morgan fingerprint density at radius 3 is 2.36 bits per heavy atom. The maximum absolute atomic E-state index is 10.9. The number of hydrogen-bond acceptors (Lipinski definition) is 2. The Kier molecular flexibility index (Phi) is 2.62. The average Bonchev–Trinajstić information content (AvgIpc) is 2.05. The molecule has 0 radical (unpaired) electrons. The topological polar surface area (TPSA) is 46.3 Å². The highest BCUT2D eigenvalue weighted by Crippen LogP contribution is 2.09. The van der Waals surface area contributed by atoms with Crippen LogP contribution in [0.1, 0.15) is 0 Å². The van der Waals surface area contributed by atoms with E-state index in [1.165, 1.54) is 10.7 Å². The molecule has 1 unspecified atom stereocenters. The van der Waals surface area contributed by atoms with Gasteiger partial charge in [-0.2, -0.15) is 0 Å². The Balaban J connectivity index is 2.85. The van der Waals surface area contributed by atoms with Crippen molar-refractivity contribution < 1.29 is 4.21 Å². The standard InChI is InChI=1S/C7H10N2OS/c1-11(10)9(8)7-5-3-2-4-6-7/h2-6H,8H2,1H3. The second-order valence-electron chi connectivity index (χ2n) is 2.09. The van der Waals surface area contributed by atoms with Gasteiger partial charge in [-0.3, -0.25) is 0 Å². The molecule has 0 heterocycles. The van der Waals surface area contributed by atoms with Gasteiger partial charge in [-0.15, -0.1) is 0 Å². The van der Waals surface area contributed by atoms with Crippen molar-refractivity contribution in [3.63, 3.8) is 0 Å². The summed E-state index contributed by atoms with van der Waals surface area (Å²) in [6.07, 6.45) is 1.53. The fourth-order valence-electron chi connectivity index (χ4n) is 0.723. The van der Waals surface area contributed by atoms with Gasteiger partial charge in [-0.25, -0.2) is 14.5 Å². The van der Waals surface area contributed by atoms with Crippen LogP contribution < -0.4 is 10.3 Å². The predicted octanol–water partition coefficient (Wildman–Crippen LogP) is 0.660. The summed E-state index contributed by atoms with van der Waals surface area (Å²) in [6.45, 7) is 0. The van der Waals surface area contributed by atoms with Gasteiger partial charge in [0.2, 0.25) is 0 Å². The molecule has 0 aromatic heterocycles. The molecule has 0 bridgehead atoms. The molecule has 0 amide bonds. The first-order valence-electron chi connectivity index (χ1n) is 3.15. The minimum atomic E-state index is -1.15. The third kappa shape index (κ3) is 2.03. The van der Waals surface area contributed by atoms with Crippen LogP contribution >= 0.6 is 0 Å². The molecule has 2 N–H and O–H groups in total. The molecule has 0 fully saturated rings. The fourth-order valence-corrected chi connectivity index (χ4v) is 1.14. The van der Waals surface area contributed by atoms with Gasteiger partial charge in [0.1, 0.15) is 11.0 Å². The van der Waals surface area contributed by atoms with Gasteiger partial charge in [0, 0.05) is 6.26 Å². The van der Waals surface area contributed by atoms with Crippen LogP contribution in [0.3, 0.4) is 0 Å². The molecule has 0 aliphatic carbocycles. The maximum Gasteiger partial charge on any atom is 0.131 e. The molecule has 0 spiro atoms. The van der Waals surface area contributed by atoms with E-state index in [0.717, 1.165) is 5.69 Å². The van der Waals surface area contributed by atoms with Crippen LogP contribution in [0, 0.1) is 0 Å². The molecule has 1 aromatic rings. The quantitative estimate of drug-likeness (QED) is 0.523. The molecule has 60 valence electrons. The number of hydrazine groups is 1. The average molecular weight is 170 g/mol. The molecular weight excluding hydrogens is 160 g/mol. The molecular formula is C7H10N2OS. The number of nitrogens with zero attached hydrogens (tertiary/aromatic N) is 1. The molecule has 3 nitrogen and oxygen atoms in total. The number of rotatable bonds is 2. The largest absolute Gasteiger partial charge is 0.236 e. The van der Waals surface area contributed by atoms with Crippen LogP contribution in [0.2, 0.25) is 0 Å². The van der Waals surface area contributed by atoms with Crippen molar-refractivity contribution in [3.05, 3.63) is 30.3 Å². The minimum absolute atomic E-state index is 0.758. The van der Waals surface area contributed by atoms with Crippen molar-refractivity contribution in [3.8, 4) is 0 Å². The lowest BCUT2D eigenvalue weighted by Crippen LogP contribution is -2.31. The zero-order valence-electron chi connectivity index (χ0n) is 6.23. The number of para-hydroxylation sites is 1. The zero-order chi connectivity index (χ0) is 8.27. The SMILES string of the molecule is CS(=O)N(N)c1ccccc1. The van der Waals surface area contributed by atoms with E-state index < -0.39 is 11.0 Å². The summed E-state index contributed by atoms with van der Waals surface area (Å²) in [5.41, 5.74) is 0.758. The molecule has 0 saturated carbocycles. The zero-order valence-corrected chi connectivity index (χ0v) is 7.04. The molecule has 1 rings (SSSR count). The highest BCUT2D eigenvalue weighted by Gasteiger charge is 2.01. The highest BCUT2D eigenvalue weighted by atomic mass is 32.2. The third-order valence-electron chi connectivity index (χ3n) is 1.29. The van der Waals surface area contributed by atoms with E-state index in [1.807, 2.05) is 18.2 Å². The van der Waals surface area contributed by atoms with Gasteiger partial charge in [0.05, 0.1) is 5.69 Å². The first kappa shape index (κ1) is 8.23.